The van der Waals surface area contributed by atoms with Gasteiger partial charge < -0.3 is 5.11 Å². The van der Waals surface area contributed by atoms with Gasteiger partial charge in [0.1, 0.15) is 0 Å². The summed E-state index contributed by atoms with van der Waals surface area (Å²) >= 11 is 0. The first-order chi connectivity index (χ1) is 7.83. The fourth-order valence-corrected chi connectivity index (χ4v) is 2.77. The Kier molecular flexibility index (Phi) is 2.73. The molecule has 0 spiro atoms. The number of carboxylic acid groups (broad SMARTS) is 1. The van der Waals surface area contributed by atoms with Crippen LogP contribution in [0.5, 0.6) is 0 Å². The molecule has 1 N–H and O–H groups in total. The first kappa shape index (κ1) is 12.1. The number of hydrogen-bond donors (Lipinski definition) is 1. The summed E-state index contributed by atoms with van der Waals surface area (Å²) in [6.45, 7) is 0. The smallest absolute Gasteiger partial charge is 0.314 e. The van der Waals surface area contributed by atoms with Crippen LogP contribution in [0.3, 0.4) is 0 Å². The monoisotopic (exact) mass is 254 g/mol. The van der Waals surface area contributed by atoms with Crippen LogP contribution in [-0.2, 0) is 25.8 Å². The number of benzene rings is 1. The lowest BCUT2D eigenvalue weighted by molar-refractivity contribution is -0.140. The van der Waals surface area contributed by atoms with E-state index in [1.807, 2.05) is 0 Å². The molecule has 1 aliphatic rings. The van der Waals surface area contributed by atoms with Crippen LogP contribution in [0.25, 0.3) is 0 Å². The van der Waals surface area contributed by atoms with Crippen molar-refractivity contribution in [2.24, 2.45) is 0 Å². The van der Waals surface area contributed by atoms with Gasteiger partial charge in [0, 0.05) is 6.26 Å². The highest BCUT2D eigenvalue weighted by molar-refractivity contribution is 7.89. The van der Waals surface area contributed by atoms with Crippen molar-refractivity contribution in [3.63, 3.8) is 0 Å². The highest BCUT2D eigenvalue weighted by atomic mass is 32.2. The molecular weight excluding hydrogens is 240 g/mol. The minimum absolute atomic E-state index is 0.00660. The second-order valence-electron chi connectivity index (χ2n) is 4.65. The second kappa shape index (κ2) is 3.84. The predicted octanol–water partition coefficient (Wildman–Crippen LogP) is 1.35. The molecule has 1 aromatic carbocycles. The number of aliphatic carboxylic acids is 1. The quantitative estimate of drug-likeness (QED) is 0.880. The van der Waals surface area contributed by atoms with E-state index in [2.05, 4.69) is 0 Å². The van der Waals surface area contributed by atoms with Crippen molar-refractivity contribution in [1.82, 2.24) is 0 Å². The van der Waals surface area contributed by atoms with Crippen LogP contribution in [0.4, 0.5) is 0 Å². The zero-order valence-corrected chi connectivity index (χ0v) is 10.3. The summed E-state index contributed by atoms with van der Waals surface area (Å²) in [6.07, 6.45) is 2.50. The Labute approximate surface area is 100 Å². The summed E-state index contributed by atoms with van der Waals surface area (Å²) in [7, 11) is -3.04. The lowest BCUT2D eigenvalue weighted by Gasteiger charge is -2.10. The Hall–Kier alpha value is -1.36. The third-order valence-electron chi connectivity index (χ3n) is 3.09. The molecule has 0 heterocycles. The molecule has 1 aliphatic carbocycles. The molecule has 1 fully saturated rings. The van der Waals surface area contributed by atoms with Crippen molar-refractivity contribution in [1.29, 1.82) is 0 Å². The molecular formula is C12H14O4S. The Morgan fingerprint density at radius 3 is 2.18 bits per heavy atom. The molecule has 5 heteroatoms. The summed E-state index contributed by atoms with van der Waals surface area (Å²) < 4.78 is 22.2. The molecule has 0 radical (unpaired) electrons. The highest BCUT2D eigenvalue weighted by Gasteiger charge is 2.51. The molecule has 0 unspecified atom stereocenters. The normalized spacial score (nSPS) is 17.7. The van der Waals surface area contributed by atoms with Crippen LogP contribution in [0.1, 0.15) is 24.0 Å². The van der Waals surface area contributed by atoms with Gasteiger partial charge in [0.05, 0.1) is 11.2 Å². The average Bonchev–Trinajstić information content (AvgIpc) is 2.97. The molecule has 0 amide bonds. The van der Waals surface area contributed by atoms with Crippen LogP contribution in [0.2, 0.25) is 0 Å². The van der Waals surface area contributed by atoms with Crippen LogP contribution in [0, 0.1) is 0 Å². The van der Waals surface area contributed by atoms with Crippen LogP contribution in [0.15, 0.2) is 24.3 Å². The zero-order valence-electron chi connectivity index (χ0n) is 9.51. The lowest BCUT2D eigenvalue weighted by atomic mass is 9.95. The van der Waals surface area contributed by atoms with E-state index in [0.29, 0.717) is 18.4 Å². The van der Waals surface area contributed by atoms with Gasteiger partial charge in [-0.25, -0.2) is 8.42 Å². The molecule has 0 atom stereocenters. The molecule has 1 saturated carbocycles. The summed E-state index contributed by atoms with van der Waals surface area (Å²) in [5.74, 6) is -0.804. The summed E-state index contributed by atoms with van der Waals surface area (Å²) in [6, 6.07) is 6.84. The van der Waals surface area contributed by atoms with E-state index >= 15 is 0 Å². The molecule has 0 aliphatic heterocycles. The van der Waals surface area contributed by atoms with E-state index in [1.54, 1.807) is 24.3 Å². The van der Waals surface area contributed by atoms with Crippen LogP contribution in [-0.4, -0.2) is 25.7 Å². The summed E-state index contributed by atoms with van der Waals surface area (Å²) in [5, 5.41) is 9.12. The standard InChI is InChI=1S/C12H14O4S/c1-17(15,16)8-9-2-4-10(5-3-9)12(6-7-12)11(13)14/h2-5H,6-8H2,1H3,(H,13,14). The molecule has 0 bridgehead atoms. The predicted molar refractivity (Wildman–Crippen MR) is 63.5 cm³/mol. The van der Waals surface area contributed by atoms with Crippen molar-refractivity contribution >= 4 is 15.8 Å². The van der Waals surface area contributed by atoms with Gasteiger partial charge in [0.2, 0.25) is 0 Å². The number of carbonyl (C=O) groups is 1. The fraction of sp³-hybridized carbons (Fsp3) is 0.417. The zero-order chi connectivity index (χ0) is 12.7. The van der Waals surface area contributed by atoms with E-state index < -0.39 is 21.2 Å². The Bertz CT molecular complexity index is 538. The molecule has 17 heavy (non-hydrogen) atoms. The van der Waals surface area contributed by atoms with Gasteiger partial charge in [-0.1, -0.05) is 24.3 Å². The fourth-order valence-electron chi connectivity index (χ4n) is 1.97. The van der Waals surface area contributed by atoms with Gasteiger partial charge in [-0.15, -0.1) is 0 Å². The van der Waals surface area contributed by atoms with Crippen molar-refractivity contribution < 1.29 is 18.3 Å². The number of sulfone groups is 1. The van der Waals surface area contributed by atoms with Gasteiger partial charge in [0.25, 0.3) is 0 Å². The third-order valence-corrected chi connectivity index (χ3v) is 3.95. The summed E-state index contributed by atoms with van der Waals surface area (Å²) in [5.41, 5.74) is 0.739. The number of carboxylic acids is 1. The molecule has 0 saturated heterocycles. The van der Waals surface area contributed by atoms with Gasteiger partial charge in [0.15, 0.2) is 9.84 Å². The second-order valence-corrected chi connectivity index (χ2v) is 6.79. The van der Waals surface area contributed by atoms with Crippen molar-refractivity contribution in [3.05, 3.63) is 35.4 Å². The van der Waals surface area contributed by atoms with E-state index in [0.717, 1.165) is 5.56 Å². The van der Waals surface area contributed by atoms with Gasteiger partial charge in [-0.05, 0) is 24.0 Å². The van der Waals surface area contributed by atoms with E-state index in [-0.39, 0.29) is 5.75 Å². The molecule has 1 aromatic rings. The highest BCUT2D eigenvalue weighted by Crippen LogP contribution is 2.48. The van der Waals surface area contributed by atoms with Gasteiger partial charge >= 0.3 is 5.97 Å². The lowest BCUT2D eigenvalue weighted by Crippen LogP contribution is -2.19. The Morgan fingerprint density at radius 1 is 1.29 bits per heavy atom. The third kappa shape index (κ3) is 2.49. The molecule has 92 valence electrons. The van der Waals surface area contributed by atoms with E-state index in [9.17, 15) is 13.2 Å². The van der Waals surface area contributed by atoms with Crippen LogP contribution >= 0.6 is 0 Å². The largest absolute Gasteiger partial charge is 0.481 e. The molecule has 0 aromatic heterocycles. The Morgan fingerprint density at radius 2 is 1.82 bits per heavy atom. The van der Waals surface area contributed by atoms with Gasteiger partial charge in [-0.2, -0.15) is 0 Å². The van der Waals surface area contributed by atoms with E-state index in [4.69, 9.17) is 5.11 Å². The molecule has 2 rings (SSSR count). The Balaban J connectivity index is 2.22. The maximum Gasteiger partial charge on any atom is 0.314 e. The number of rotatable bonds is 4. The maximum atomic E-state index is 11.1. The topological polar surface area (TPSA) is 71.4 Å². The molecule has 4 nitrogen and oxygen atoms in total. The number of hydrogen-bond acceptors (Lipinski definition) is 3. The first-order valence-electron chi connectivity index (χ1n) is 5.34. The van der Waals surface area contributed by atoms with E-state index in [1.165, 1.54) is 6.26 Å². The van der Waals surface area contributed by atoms with Crippen molar-refractivity contribution in [2.75, 3.05) is 6.26 Å². The average molecular weight is 254 g/mol. The van der Waals surface area contributed by atoms with Crippen LogP contribution < -0.4 is 0 Å². The van der Waals surface area contributed by atoms with Crippen molar-refractivity contribution in [3.8, 4) is 0 Å². The SMILES string of the molecule is CS(=O)(=O)Cc1ccc(C2(C(=O)O)CC2)cc1. The minimum Gasteiger partial charge on any atom is -0.481 e. The maximum absolute atomic E-state index is 11.1. The van der Waals surface area contributed by atoms with Gasteiger partial charge in [-0.3, -0.25) is 4.79 Å². The van der Waals surface area contributed by atoms with Crippen molar-refractivity contribution in [2.45, 2.75) is 24.0 Å². The summed E-state index contributed by atoms with van der Waals surface area (Å²) in [4.78, 5) is 11.1. The first-order valence-corrected chi connectivity index (χ1v) is 7.40. The minimum atomic E-state index is -3.04.